The van der Waals surface area contributed by atoms with Gasteiger partial charge in [0.1, 0.15) is 11.6 Å². The summed E-state index contributed by atoms with van der Waals surface area (Å²) in [6.07, 6.45) is 0. The van der Waals surface area contributed by atoms with Gasteiger partial charge in [-0.05, 0) is 36.4 Å². The summed E-state index contributed by atoms with van der Waals surface area (Å²) in [4.78, 5) is 12.3. The summed E-state index contributed by atoms with van der Waals surface area (Å²) in [5, 5.41) is 21.8. The number of carbonyl (C=O) groups excluding carboxylic acids is 1. The molecule has 0 unspecified atom stereocenters. The van der Waals surface area contributed by atoms with Crippen LogP contribution in [-0.2, 0) is 4.79 Å². The Morgan fingerprint density at radius 1 is 0.967 bits per heavy atom. The van der Waals surface area contributed by atoms with Crippen LogP contribution in [0, 0.1) is 5.82 Å². The first kappa shape index (κ1) is 19.7. The molecule has 4 aromatic rings. The van der Waals surface area contributed by atoms with Crippen molar-refractivity contribution in [3.8, 4) is 22.8 Å². The lowest BCUT2D eigenvalue weighted by atomic mass is 10.2. The largest absolute Gasteiger partial charge is 0.507 e. The van der Waals surface area contributed by atoms with Crippen LogP contribution in [0.5, 0.6) is 5.75 Å². The molecule has 3 aromatic carbocycles. The number of aromatic hydroxyl groups is 1. The van der Waals surface area contributed by atoms with Gasteiger partial charge in [-0.1, -0.05) is 54.2 Å². The SMILES string of the molecule is O=C(CSc1nnc(-c2ccccc2O)n1-c1ccccc1)Nc1ccccc1F. The summed E-state index contributed by atoms with van der Waals surface area (Å²) in [6.45, 7) is 0. The molecule has 0 saturated carbocycles. The van der Waals surface area contributed by atoms with Gasteiger partial charge < -0.3 is 10.4 Å². The summed E-state index contributed by atoms with van der Waals surface area (Å²) in [5.74, 6) is -0.311. The molecule has 1 aromatic heterocycles. The molecule has 150 valence electrons. The highest BCUT2D eigenvalue weighted by Gasteiger charge is 2.19. The van der Waals surface area contributed by atoms with Crippen LogP contribution in [0.1, 0.15) is 0 Å². The molecule has 4 rings (SSSR count). The quantitative estimate of drug-likeness (QED) is 0.449. The van der Waals surface area contributed by atoms with E-state index in [-0.39, 0.29) is 23.1 Å². The summed E-state index contributed by atoms with van der Waals surface area (Å²) in [7, 11) is 0. The molecule has 0 fully saturated rings. The molecule has 2 N–H and O–H groups in total. The van der Waals surface area contributed by atoms with Crippen LogP contribution in [0.25, 0.3) is 17.1 Å². The first-order valence-electron chi connectivity index (χ1n) is 9.10. The first-order chi connectivity index (χ1) is 14.6. The zero-order valence-corrected chi connectivity index (χ0v) is 16.5. The molecule has 0 radical (unpaired) electrons. The number of nitrogens with one attached hydrogen (secondary N) is 1. The molecular formula is C22H17FN4O2S. The summed E-state index contributed by atoms with van der Waals surface area (Å²) < 4.78 is 15.5. The molecular weight excluding hydrogens is 403 g/mol. The van der Waals surface area contributed by atoms with Gasteiger partial charge in [0, 0.05) is 5.69 Å². The average molecular weight is 420 g/mol. The third kappa shape index (κ3) is 4.18. The Morgan fingerprint density at radius 2 is 1.67 bits per heavy atom. The molecule has 0 saturated heterocycles. The lowest BCUT2D eigenvalue weighted by Gasteiger charge is -2.11. The van der Waals surface area contributed by atoms with Crippen LogP contribution in [0.15, 0.2) is 84.0 Å². The van der Waals surface area contributed by atoms with Gasteiger partial charge in [-0.25, -0.2) is 4.39 Å². The number of hydrogen-bond donors (Lipinski definition) is 2. The summed E-state index contributed by atoms with van der Waals surface area (Å²) in [6, 6.07) is 22.3. The molecule has 0 atom stereocenters. The third-order valence-corrected chi connectivity index (χ3v) is 5.20. The fourth-order valence-corrected chi connectivity index (χ4v) is 3.64. The van der Waals surface area contributed by atoms with Gasteiger partial charge in [-0.3, -0.25) is 9.36 Å². The Balaban J connectivity index is 1.61. The monoisotopic (exact) mass is 420 g/mol. The number of hydrogen-bond acceptors (Lipinski definition) is 5. The standard InChI is InChI=1S/C22H17FN4O2S/c23-17-11-5-6-12-18(17)24-20(29)14-30-22-26-25-21(16-10-4-7-13-19(16)28)27(22)15-8-2-1-3-9-15/h1-13,28H,14H2,(H,24,29). The second-order valence-electron chi connectivity index (χ2n) is 6.31. The van der Waals surface area contributed by atoms with Crippen molar-refractivity contribution in [2.45, 2.75) is 5.16 Å². The highest BCUT2D eigenvalue weighted by atomic mass is 32.2. The van der Waals surface area contributed by atoms with E-state index in [4.69, 9.17) is 0 Å². The van der Waals surface area contributed by atoms with Gasteiger partial charge in [0.05, 0.1) is 17.0 Å². The molecule has 0 bridgehead atoms. The number of rotatable bonds is 6. The van der Waals surface area contributed by atoms with E-state index in [2.05, 4.69) is 15.5 Å². The van der Waals surface area contributed by atoms with Gasteiger partial charge in [0.25, 0.3) is 0 Å². The normalized spacial score (nSPS) is 10.7. The van der Waals surface area contributed by atoms with Crippen molar-refractivity contribution in [3.05, 3.63) is 84.7 Å². The maximum absolute atomic E-state index is 13.8. The van der Waals surface area contributed by atoms with Crippen LogP contribution >= 0.6 is 11.8 Å². The predicted octanol–water partition coefficient (Wildman–Crippen LogP) is 4.51. The Labute approximate surface area is 176 Å². The minimum absolute atomic E-state index is 0.0140. The zero-order valence-electron chi connectivity index (χ0n) is 15.7. The molecule has 30 heavy (non-hydrogen) atoms. The second-order valence-corrected chi connectivity index (χ2v) is 7.25. The van der Waals surface area contributed by atoms with Crippen LogP contribution in [-0.4, -0.2) is 31.5 Å². The Kier molecular flexibility index (Phi) is 5.76. The van der Waals surface area contributed by atoms with Crippen LogP contribution in [0.2, 0.25) is 0 Å². The predicted molar refractivity (Wildman–Crippen MR) is 114 cm³/mol. The van der Waals surface area contributed by atoms with Gasteiger partial charge >= 0.3 is 0 Å². The number of carbonyl (C=O) groups is 1. The minimum Gasteiger partial charge on any atom is -0.507 e. The number of phenols is 1. The van der Waals surface area contributed by atoms with E-state index in [9.17, 15) is 14.3 Å². The smallest absolute Gasteiger partial charge is 0.234 e. The summed E-state index contributed by atoms with van der Waals surface area (Å²) >= 11 is 1.17. The fraction of sp³-hybridized carbons (Fsp3) is 0.0455. The number of thioether (sulfide) groups is 1. The maximum Gasteiger partial charge on any atom is 0.234 e. The number of para-hydroxylation sites is 3. The zero-order chi connectivity index (χ0) is 20.9. The lowest BCUT2D eigenvalue weighted by Crippen LogP contribution is -2.15. The lowest BCUT2D eigenvalue weighted by molar-refractivity contribution is -0.113. The Bertz CT molecular complexity index is 1180. The van der Waals surface area contributed by atoms with E-state index in [1.54, 1.807) is 41.0 Å². The van der Waals surface area contributed by atoms with Crippen molar-refractivity contribution >= 4 is 23.4 Å². The van der Waals surface area contributed by atoms with Gasteiger partial charge in [0.15, 0.2) is 11.0 Å². The van der Waals surface area contributed by atoms with E-state index in [1.165, 1.54) is 23.9 Å². The first-order valence-corrected chi connectivity index (χ1v) is 10.1. The van der Waals surface area contributed by atoms with E-state index in [1.807, 2.05) is 30.3 Å². The van der Waals surface area contributed by atoms with Gasteiger partial charge in [-0.2, -0.15) is 0 Å². The molecule has 1 heterocycles. The number of halogens is 1. The molecule has 6 nitrogen and oxygen atoms in total. The number of phenolic OH excluding ortho intramolecular Hbond substituents is 1. The Morgan fingerprint density at radius 3 is 2.43 bits per heavy atom. The van der Waals surface area contributed by atoms with Gasteiger partial charge in [0.2, 0.25) is 5.91 Å². The Hall–Kier alpha value is -3.65. The van der Waals surface area contributed by atoms with Crippen molar-refractivity contribution in [1.29, 1.82) is 0 Å². The minimum atomic E-state index is -0.495. The highest BCUT2D eigenvalue weighted by molar-refractivity contribution is 7.99. The van der Waals surface area contributed by atoms with E-state index >= 15 is 0 Å². The molecule has 0 spiro atoms. The maximum atomic E-state index is 13.8. The third-order valence-electron chi connectivity index (χ3n) is 4.27. The van der Waals surface area contributed by atoms with E-state index in [0.717, 1.165) is 5.69 Å². The number of anilines is 1. The van der Waals surface area contributed by atoms with Crippen LogP contribution < -0.4 is 5.32 Å². The fourth-order valence-electron chi connectivity index (χ4n) is 2.89. The number of nitrogens with zero attached hydrogens (tertiary/aromatic N) is 3. The van der Waals surface area contributed by atoms with Crippen molar-refractivity contribution in [2.24, 2.45) is 0 Å². The van der Waals surface area contributed by atoms with Crippen molar-refractivity contribution in [3.63, 3.8) is 0 Å². The second kappa shape index (κ2) is 8.79. The average Bonchev–Trinajstić information content (AvgIpc) is 3.18. The number of aromatic nitrogens is 3. The van der Waals surface area contributed by atoms with Crippen molar-refractivity contribution in [2.75, 3.05) is 11.1 Å². The molecule has 8 heteroatoms. The molecule has 0 aliphatic heterocycles. The molecule has 1 amide bonds. The van der Waals surface area contributed by atoms with Crippen LogP contribution in [0.4, 0.5) is 10.1 Å². The van der Waals surface area contributed by atoms with E-state index < -0.39 is 5.82 Å². The molecule has 0 aliphatic rings. The number of amides is 1. The van der Waals surface area contributed by atoms with Crippen molar-refractivity contribution in [1.82, 2.24) is 14.8 Å². The highest BCUT2D eigenvalue weighted by Crippen LogP contribution is 2.32. The molecule has 0 aliphatic carbocycles. The van der Waals surface area contributed by atoms with E-state index in [0.29, 0.717) is 16.5 Å². The topological polar surface area (TPSA) is 80.0 Å². The van der Waals surface area contributed by atoms with Crippen LogP contribution in [0.3, 0.4) is 0 Å². The van der Waals surface area contributed by atoms with Crippen molar-refractivity contribution < 1.29 is 14.3 Å². The number of benzene rings is 3. The van der Waals surface area contributed by atoms with Gasteiger partial charge in [-0.15, -0.1) is 10.2 Å². The summed E-state index contributed by atoms with van der Waals surface area (Å²) in [5.41, 5.74) is 1.44.